The molecule has 0 radical (unpaired) electrons. The summed E-state index contributed by atoms with van der Waals surface area (Å²) in [6, 6.07) is 11.1. The Hall–Kier alpha value is -3.25. The molecule has 0 amide bonds. The number of anilines is 3. The number of likely N-dealkylation sites (tertiary alicyclic amines) is 1. The van der Waals surface area contributed by atoms with Gasteiger partial charge < -0.3 is 25.2 Å². The summed E-state index contributed by atoms with van der Waals surface area (Å²) >= 11 is 0. The Morgan fingerprint density at radius 1 is 1.14 bits per heavy atom. The molecular formula is C30H37N5O. The highest BCUT2D eigenvalue weighted by atomic mass is 16.5. The zero-order valence-corrected chi connectivity index (χ0v) is 21.4. The number of piperidine rings is 1. The molecule has 6 heteroatoms. The third-order valence-corrected chi connectivity index (χ3v) is 8.22. The number of allylic oxidation sites excluding steroid dienone is 4. The molecule has 1 spiro atoms. The number of fused-ring (bicyclic) bond motifs is 2. The van der Waals surface area contributed by atoms with E-state index in [1.165, 1.54) is 17.0 Å². The van der Waals surface area contributed by atoms with Crippen LogP contribution in [0.15, 0.2) is 78.4 Å². The molecule has 0 saturated carbocycles. The van der Waals surface area contributed by atoms with E-state index in [9.17, 15) is 0 Å². The molecule has 1 aliphatic carbocycles. The van der Waals surface area contributed by atoms with Crippen LogP contribution in [-0.2, 0) is 0 Å². The number of rotatable bonds is 6. The van der Waals surface area contributed by atoms with Crippen molar-refractivity contribution in [1.29, 1.82) is 0 Å². The highest BCUT2D eigenvalue weighted by Crippen LogP contribution is 2.44. The van der Waals surface area contributed by atoms with Gasteiger partial charge in [-0.05, 0) is 62.6 Å². The zero-order valence-electron chi connectivity index (χ0n) is 21.4. The molecule has 1 aromatic carbocycles. The molecule has 1 saturated heterocycles. The Balaban J connectivity index is 1.24. The van der Waals surface area contributed by atoms with Gasteiger partial charge in [-0.25, -0.2) is 0 Å². The Labute approximate surface area is 214 Å². The van der Waals surface area contributed by atoms with E-state index in [0.29, 0.717) is 12.0 Å². The molecule has 6 rings (SSSR count). The Morgan fingerprint density at radius 2 is 1.97 bits per heavy atom. The SMILES string of the molecule is CC(C)N1CCC2(CC1)CN(CCC1=CNC3=CC=CCC13)c1ccc(Nc3ccncc3)cc1O2. The maximum atomic E-state index is 6.89. The summed E-state index contributed by atoms with van der Waals surface area (Å²) < 4.78 is 6.89. The lowest BCUT2D eigenvalue weighted by Crippen LogP contribution is -2.57. The van der Waals surface area contributed by atoms with Crippen LogP contribution in [0.2, 0.25) is 0 Å². The number of ether oxygens (including phenoxy) is 1. The maximum absolute atomic E-state index is 6.89. The summed E-state index contributed by atoms with van der Waals surface area (Å²) in [5.74, 6) is 1.52. The number of hydrogen-bond donors (Lipinski definition) is 2. The molecule has 36 heavy (non-hydrogen) atoms. The van der Waals surface area contributed by atoms with Gasteiger partial charge in [0.1, 0.15) is 11.4 Å². The second kappa shape index (κ2) is 9.66. The van der Waals surface area contributed by atoms with Crippen LogP contribution in [0.5, 0.6) is 5.75 Å². The molecule has 1 fully saturated rings. The first-order valence-electron chi connectivity index (χ1n) is 13.4. The van der Waals surface area contributed by atoms with Crippen molar-refractivity contribution in [3.05, 3.63) is 78.4 Å². The molecule has 1 aromatic heterocycles. The number of aromatic nitrogens is 1. The minimum atomic E-state index is -0.130. The first-order chi connectivity index (χ1) is 17.6. The van der Waals surface area contributed by atoms with Crippen LogP contribution in [0.3, 0.4) is 0 Å². The normalized spacial score (nSPS) is 22.4. The Morgan fingerprint density at radius 3 is 2.78 bits per heavy atom. The largest absolute Gasteiger partial charge is 0.483 e. The number of hydrogen-bond acceptors (Lipinski definition) is 6. The summed E-state index contributed by atoms with van der Waals surface area (Å²) in [6.07, 6.45) is 16.8. The van der Waals surface area contributed by atoms with Crippen LogP contribution < -0.4 is 20.3 Å². The van der Waals surface area contributed by atoms with E-state index in [-0.39, 0.29) is 5.60 Å². The fraction of sp³-hybridized carbons (Fsp3) is 0.433. The van der Waals surface area contributed by atoms with E-state index < -0.39 is 0 Å². The first-order valence-corrected chi connectivity index (χ1v) is 13.4. The van der Waals surface area contributed by atoms with Gasteiger partial charge in [0.25, 0.3) is 0 Å². The van der Waals surface area contributed by atoms with E-state index in [1.54, 1.807) is 0 Å². The van der Waals surface area contributed by atoms with Crippen LogP contribution in [0, 0.1) is 5.92 Å². The smallest absolute Gasteiger partial charge is 0.145 e. The predicted octanol–water partition coefficient (Wildman–Crippen LogP) is 5.60. The monoisotopic (exact) mass is 483 g/mol. The highest BCUT2D eigenvalue weighted by molar-refractivity contribution is 5.70. The molecule has 2 N–H and O–H groups in total. The van der Waals surface area contributed by atoms with E-state index in [4.69, 9.17) is 4.74 Å². The lowest BCUT2D eigenvalue weighted by Gasteiger charge is -2.49. The molecule has 2 aromatic rings. The lowest BCUT2D eigenvalue weighted by molar-refractivity contribution is -0.00684. The van der Waals surface area contributed by atoms with Crippen LogP contribution in [-0.4, -0.2) is 47.7 Å². The van der Waals surface area contributed by atoms with Gasteiger partial charge in [0.2, 0.25) is 0 Å². The van der Waals surface area contributed by atoms with Gasteiger partial charge in [-0.2, -0.15) is 0 Å². The zero-order chi connectivity index (χ0) is 24.5. The third kappa shape index (κ3) is 4.62. The molecular weight excluding hydrogens is 446 g/mol. The third-order valence-electron chi connectivity index (χ3n) is 8.22. The minimum absolute atomic E-state index is 0.130. The molecule has 4 aliphatic rings. The van der Waals surface area contributed by atoms with Crippen LogP contribution >= 0.6 is 0 Å². The summed E-state index contributed by atoms with van der Waals surface area (Å²) in [5.41, 5.74) is 6.01. The fourth-order valence-corrected chi connectivity index (χ4v) is 6.06. The van der Waals surface area contributed by atoms with Crippen LogP contribution in [0.1, 0.15) is 39.5 Å². The van der Waals surface area contributed by atoms with Crippen molar-refractivity contribution in [2.75, 3.05) is 36.4 Å². The summed E-state index contributed by atoms with van der Waals surface area (Å²) in [6.45, 7) is 8.73. The summed E-state index contributed by atoms with van der Waals surface area (Å²) in [7, 11) is 0. The van der Waals surface area contributed by atoms with Gasteiger partial charge in [-0.3, -0.25) is 4.98 Å². The van der Waals surface area contributed by atoms with Gasteiger partial charge in [0.05, 0.1) is 12.2 Å². The first kappa shape index (κ1) is 23.2. The molecule has 0 bridgehead atoms. The predicted molar refractivity (Wildman–Crippen MR) is 147 cm³/mol. The molecule has 1 atom stereocenters. The highest BCUT2D eigenvalue weighted by Gasteiger charge is 2.43. The van der Waals surface area contributed by atoms with Crippen molar-refractivity contribution in [2.45, 2.75) is 51.2 Å². The number of benzene rings is 1. The minimum Gasteiger partial charge on any atom is -0.483 e. The van der Waals surface area contributed by atoms with Gasteiger partial charge in [-0.15, -0.1) is 0 Å². The molecule has 1 unspecified atom stereocenters. The van der Waals surface area contributed by atoms with Gasteiger partial charge >= 0.3 is 0 Å². The van der Waals surface area contributed by atoms with Gasteiger partial charge in [0.15, 0.2) is 0 Å². The standard InChI is InChI=1S/C30H37N5O/c1-22(2)34-17-12-30(13-18-34)21-35(16-11-23-20-32-27-6-4-3-5-26(23)27)28-8-7-25(19-29(28)36-30)33-24-9-14-31-15-10-24/h3-4,6-10,14-15,19-20,22,26,32H,5,11-13,16-18,21H2,1-2H3,(H,31,33). The Bertz CT molecular complexity index is 1180. The van der Waals surface area contributed by atoms with E-state index >= 15 is 0 Å². The molecule has 6 nitrogen and oxygen atoms in total. The second-order valence-electron chi connectivity index (χ2n) is 10.8. The number of pyridine rings is 1. The topological polar surface area (TPSA) is 52.7 Å². The van der Waals surface area contributed by atoms with E-state index in [2.05, 4.69) is 81.9 Å². The van der Waals surface area contributed by atoms with Crippen molar-refractivity contribution in [3.8, 4) is 5.75 Å². The quantitative estimate of drug-likeness (QED) is 0.558. The van der Waals surface area contributed by atoms with Crippen molar-refractivity contribution in [1.82, 2.24) is 15.2 Å². The van der Waals surface area contributed by atoms with E-state index in [0.717, 1.165) is 69.0 Å². The average Bonchev–Trinajstić information content (AvgIpc) is 3.31. The van der Waals surface area contributed by atoms with Crippen LogP contribution in [0.25, 0.3) is 0 Å². The number of nitrogens with one attached hydrogen (secondary N) is 2. The number of nitrogens with zero attached hydrogens (tertiary/aromatic N) is 3. The van der Waals surface area contributed by atoms with E-state index in [1.807, 2.05) is 24.5 Å². The van der Waals surface area contributed by atoms with Crippen LogP contribution in [0.4, 0.5) is 17.1 Å². The average molecular weight is 484 g/mol. The van der Waals surface area contributed by atoms with Gasteiger partial charge in [0, 0.05) is 86.2 Å². The Kier molecular flexibility index (Phi) is 6.22. The van der Waals surface area contributed by atoms with Crippen molar-refractivity contribution in [2.24, 2.45) is 5.92 Å². The van der Waals surface area contributed by atoms with Crippen molar-refractivity contribution >= 4 is 17.1 Å². The summed E-state index contributed by atoms with van der Waals surface area (Å²) in [5, 5.41) is 7.02. The maximum Gasteiger partial charge on any atom is 0.145 e. The fourth-order valence-electron chi connectivity index (χ4n) is 6.06. The summed E-state index contributed by atoms with van der Waals surface area (Å²) in [4.78, 5) is 9.29. The lowest BCUT2D eigenvalue weighted by atomic mass is 9.87. The second-order valence-corrected chi connectivity index (χ2v) is 10.8. The van der Waals surface area contributed by atoms with Crippen molar-refractivity contribution < 1.29 is 4.74 Å². The molecule has 188 valence electrons. The van der Waals surface area contributed by atoms with Crippen molar-refractivity contribution in [3.63, 3.8) is 0 Å². The molecule has 3 aliphatic heterocycles. The molecule has 4 heterocycles. The van der Waals surface area contributed by atoms with Gasteiger partial charge in [-0.1, -0.05) is 12.2 Å².